The Balaban J connectivity index is 2.04. The van der Waals surface area contributed by atoms with E-state index in [1.54, 1.807) is 0 Å². The van der Waals surface area contributed by atoms with E-state index in [4.69, 9.17) is 4.74 Å². The quantitative estimate of drug-likeness (QED) is 0.673. The Morgan fingerprint density at radius 2 is 2.18 bits per heavy atom. The van der Waals surface area contributed by atoms with Gasteiger partial charge in [-0.2, -0.15) is 0 Å². The molecule has 0 aromatic rings. The Morgan fingerprint density at radius 3 is 2.64 bits per heavy atom. The first-order chi connectivity index (χ1) is 5.31. The van der Waals surface area contributed by atoms with Gasteiger partial charge in [0.1, 0.15) is 0 Å². The molecule has 0 amide bonds. The molecular formula is C8H12Br2O. The van der Waals surface area contributed by atoms with Crippen LogP contribution in [0, 0.1) is 5.92 Å². The second kappa shape index (κ2) is 3.35. The molecule has 3 rings (SSSR count). The first kappa shape index (κ1) is 8.52. The van der Waals surface area contributed by atoms with Crippen LogP contribution >= 0.6 is 31.9 Å². The monoisotopic (exact) mass is 282 g/mol. The van der Waals surface area contributed by atoms with Crippen LogP contribution in [0.3, 0.4) is 0 Å². The minimum atomic E-state index is 0.488. The zero-order chi connectivity index (χ0) is 7.84. The number of alkyl halides is 2. The van der Waals surface area contributed by atoms with Crippen molar-refractivity contribution < 1.29 is 4.74 Å². The van der Waals surface area contributed by atoms with E-state index >= 15 is 0 Å². The summed E-state index contributed by atoms with van der Waals surface area (Å²) < 4.78 is 5.85. The molecule has 2 saturated heterocycles. The van der Waals surface area contributed by atoms with Crippen LogP contribution in [0.5, 0.6) is 0 Å². The number of fused-ring (bicyclic) bond motifs is 3. The van der Waals surface area contributed by atoms with E-state index in [0.717, 1.165) is 11.2 Å². The minimum Gasteiger partial charge on any atom is -0.373 e. The Bertz CT molecular complexity index is 151. The van der Waals surface area contributed by atoms with Gasteiger partial charge in [0.15, 0.2) is 0 Å². The molecule has 3 fully saturated rings. The van der Waals surface area contributed by atoms with Gasteiger partial charge in [-0.25, -0.2) is 0 Å². The lowest BCUT2D eigenvalue weighted by molar-refractivity contribution is -0.106. The van der Waals surface area contributed by atoms with Crippen molar-refractivity contribution in [1.82, 2.24) is 0 Å². The smallest absolute Gasteiger partial charge is 0.0704 e. The van der Waals surface area contributed by atoms with E-state index in [1.807, 2.05) is 0 Å². The molecule has 4 atom stereocenters. The topological polar surface area (TPSA) is 9.23 Å². The SMILES string of the molecule is BrCC1OC2CCC1CC2Br. The van der Waals surface area contributed by atoms with Crippen LogP contribution < -0.4 is 0 Å². The normalized spacial score (nSPS) is 49.6. The molecule has 1 nitrogen and oxygen atoms in total. The molecule has 11 heavy (non-hydrogen) atoms. The van der Waals surface area contributed by atoms with Gasteiger partial charge in [0.25, 0.3) is 0 Å². The van der Waals surface area contributed by atoms with Gasteiger partial charge >= 0.3 is 0 Å². The zero-order valence-corrected chi connectivity index (χ0v) is 9.47. The second-order valence-corrected chi connectivity index (χ2v) is 5.28. The van der Waals surface area contributed by atoms with Gasteiger partial charge in [-0.1, -0.05) is 31.9 Å². The van der Waals surface area contributed by atoms with Gasteiger partial charge in [0.05, 0.1) is 12.2 Å². The highest BCUT2D eigenvalue weighted by Crippen LogP contribution is 2.41. The molecule has 4 unspecified atom stereocenters. The van der Waals surface area contributed by atoms with Crippen LogP contribution in [0.2, 0.25) is 0 Å². The van der Waals surface area contributed by atoms with Gasteiger partial charge in [-0.05, 0) is 25.2 Å². The fourth-order valence-electron chi connectivity index (χ4n) is 2.11. The van der Waals surface area contributed by atoms with Crippen LogP contribution in [0.4, 0.5) is 0 Å². The number of rotatable bonds is 1. The summed E-state index contributed by atoms with van der Waals surface area (Å²) in [7, 11) is 0. The van der Waals surface area contributed by atoms with Crippen molar-refractivity contribution >= 4 is 31.9 Å². The maximum atomic E-state index is 5.85. The summed E-state index contributed by atoms with van der Waals surface area (Å²) >= 11 is 7.15. The third-order valence-corrected chi connectivity index (χ3v) is 4.38. The highest BCUT2D eigenvalue weighted by Gasteiger charge is 2.40. The zero-order valence-electron chi connectivity index (χ0n) is 6.30. The van der Waals surface area contributed by atoms with Crippen molar-refractivity contribution in [1.29, 1.82) is 0 Å². The number of halogens is 2. The molecule has 1 saturated carbocycles. The summed E-state index contributed by atoms with van der Waals surface area (Å²) in [6.07, 6.45) is 4.90. The van der Waals surface area contributed by atoms with Crippen LogP contribution in [-0.2, 0) is 4.74 Å². The van der Waals surface area contributed by atoms with Gasteiger partial charge < -0.3 is 4.74 Å². The van der Waals surface area contributed by atoms with Crippen molar-refractivity contribution in [3.8, 4) is 0 Å². The molecule has 1 aliphatic carbocycles. The van der Waals surface area contributed by atoms with Gasteiger partial charge in [0.2, 0.25) is 0 Å². The third-order valence-electron chi connectivity index (χ3n) is 2.78. The molecule has 3 heteroatoms. The number of hydrogen-bond donors (Lipinski definition) is 0. The van der Waals surface area contributed by atoms with Gasteiger partial charge in [-0.15, -0.1) is 0 Å². The molecule has 2 bridgehead atoms. The molecule has 3 aliphatic rings. The van der Waals surface area contributed by atoms with Crippen molar-refractivity contribution in [2.45, 2.75) is 36.3 Å². The fourth-order valence-corrected chi connectivity index (χ4v) is 3.66. The lowest BCUT2D eigenvalue weighted by Crippen LogP contribution is -2.47. The van der Waals surface area contributed by atoms with Crippen LogP contribution in [0.1, 0.15) is 19.3 Å². The predicted octanol–water partition coefficient (Wildman–Crippen LogP) is 2.71. The largest absolute Gasteiger partial charge is 0.373 e. The van der Waals surface area contributed by atoms with E-state index in [2.05, 4.69) is 31.9 Å². The van der Waals surface area contributed by atoms with Crippen molar-refractivity contribution in [2.75, 3.05) is 5.33 Å². The Kier molecular flexibility index (Phi) is 2.59. The van der Waals surface area contributed by atoms with Crippen molar-refractivity contribution in [3.63, 3.8) is 0 Å². The summed E-state index contributed by atoms with van der Waals surface area (Å²) in [5.74, 6) is 0.795. The number of hydrogen-bond acceptors (Lipinski definition) is 1. The van der Waals surface area contributed by atoms with E-state index in [0.29, 0.717) is 17.0 Å². The lowest BCUT2D eigenvalue weighted by atomic mass is 9.81. The maximum Gasteiger partial charge on any atom is 0.0704 e. The van der Waals surface area contributed by atoms with Crippen LogP contribution in [0.25, 0.3) is 0 Å². The highest BCUT2D eigenvalue weighted by molar-refractivity contribution is 9.09. The Morgan fingerprint density at radius 1 is 1.36 bits per heavy atom. The van der Waals surface area contributed by atoms with Crippen LogP contribution in [-0.4, -0.2) is 22.4 Å². The summed E-state index contributed by atoms with van der Waals surface area (Å²) in [6, 6.07) is 0. The van der Waals surface area contributed by atoms with Gasteiger partial charge in [-0.3, -0.25) is 0 Å². The van der Waals surface area contributed by atoms with E-state index in [-0.39, 0.29) is 0 Å². The van der Waals surface area contributed by atoms with E-state index in [1.165, 1.54) is 19.3 Å². The lowest BCUT2D eigenvalue weighted by Gasteiger charge is -2.44. The molecule has 0 spiro atoms. The van der Waals surface area contributed by atoms with E-state index in [9.17, 15) is 0 Å². The standard InChI is InChI=1S/C8H12Br2O/c9-4-8-5-1-2-7(11-8)6(10)3-5/h5-8H,1-4H2. The van der Waals surface area contributed by atoms with Crippen LogP contribution in [0.15, 0.2) is 0 Å². The first-order valence-corrected chi connectivity index (χ1v) is 6.20. The second-order valence-electron chi connectivity index (χ2n) is 3.46. The first-order valence-electron chi connectivity index (χ1n) is 4.16. The molecule has 0 aromatic heterocycles. The Labute approximate surface area is 84.1 Å². The van der Waals surface area contributed by atoms with Crippen molar-refractivity contribution in [3.05, 3.63) is 0 Å². The highest BCUT2D eigenvalue weighted by atomic mass is 79.9. The summed E-state index contributed by atoms with van der Waals surface area (Å²) in [6.45, 7) is 0. The van der Waals surface area contributed by atoms with Gasteiger partial charge in [0, 0.05) is 10.2 Å². The molecule has 0 N–H and O–H groups in total. The molecule has 0 aromatic carbocycles. The minimum absolute atomic E-state index is 0.488. The molecular weight excluding hydrogens is 272 g/mol. The summed E-state index contributed by atoms with van der Waals surface area (Å²) in [4.78, 5) is 0.622. The third kappa shape index (κ3) is 1.52. The number of ether oxygens (including phenoxy) is 1. The molecule has 0 radical (unpaired) electrons. The predicted molar refractivity (Wildman–Crippen MR) is 52.5 cm³/mol. The average molecular weight is 284 g/mol. The molecule has 2 aliphatic heterocycles. The summed E-state index contributed by atoms with van der Waals surface area (Å²) in [5, 5.41) is 1.01. The van der Waals surface area contributed by atoms with Crippen molar-refractivity contribution in [2.24, 2.45) is 5.92 Å². The van der Waals surface area contributed by atoms with E-state index < -0.39 is 0 Å². The molecule has 64 valence electrons. The fraction of sp³-hybridized carbons (Fsp3) is 1.00. The molecule has 2 heterocycles. The Hall–Kier alpha value is 0.920. The summed E-state index contributed by atoms with van der Waals surface area (Å²) in [5.41, 5.74) is 0. The average Bonchev–Trinajstić information content (AvgIpc) is 2.05. The maximum absolute atomic E-state index is 5.85.